The molecule has 1 aromatic carbocycles. The number of carboxylic acid groups (broad SMARTS) is 1. The number of carboxylic acids is 1. The Morgan fingerprint density at radius 1 is 1.47 bits per heavy atom. The van der Waals surface area contributed by atoms with Crippen molar-refractivity contribution < 1.29 is 27.8 Å². The first-order valence-electron chi connectivity index (χ1n) is 4.96. The molecule has 0 aliphatic heterocycles. The van der Waals surface area contributed by atoms with E-state index < -0.39 is 24.3 Å². The van der Waals surface area contributed by atoms with E-state index in [9.17, 15) is 18.0 Å². The fourth-order valence-corrected chi connectivity index (χ4v) is 1.80. The van der Waals surface area contributed by atoms with E-state index in [1.807, 2.05) is 0 Å². The Kier molecular flexibility index (Phi) is 2.95. The number of rotatable bonds is 4. The van der Waals surface area contributed by atoms with Crippen LogP contribution in [-0.2, 0) is 4.79 Å². The predicted molar refractivity (Wildman–Crippen MR) is 51.5 cm³/mol. The molecule has 0 heterocycles. The molecular weight excluding hydrogens is 237 g/mol. The normalized spacial score (nSPS) is 22.6. The van der Waals surface area contributed by atoms with Crippen LogP contribution in [0.3, 0.4) is 0 Å². The van der Waals surface area contributed by atoms with Crippen LogP contribution >= 0.6 is 0 Å². The molecule has 2 unspecified atom stereocenters. The zero-order valence-electron chi connectivity index (χ0n) is 8.57. The van der Waals surface area contributed by atoms with E-state index in [2.05, 4.69) is 4.74 Å². The number of alkyl halides is 2. The second kappa shape index (κ2) is 4.27. The van der Waals surface area contributed by atoms with Crippen molar-refractivity contribution in [1.82, 2.24) is 0 Å². The van der Waals surface area contributed by atoms with Crippen molar-refractivity contribution in [1.29, 1.82) is 0 Å². The molecule has 0 amide bonds. The summed E-state index contributed by atoms with van der Waals surface area (Å²) in [6.45, 7) is -3.01. The van der Waals surface area contributed by atoms with Gasteiger partial charge in [0.2, 0.25) is 0 Å². The van der Waals surface area contributed by atoms with Crippen molar-refractivity contribution >= 4 is 5.97 Å². The van der Waals surface area contributed by atoms with Crippen molar-refractivity contribution in [2.75, 3.05) is 0 Å². The largest absolute Gasteiger partial charge is 0.481 e. The first kappa shape index (κ1) is 11.8. The van der Waals surface area contributed by atoms with Crippen LogP contribution in [0.2, 0.25) is 0 Å². The van der Waals surface area contributed by atoms with Gasteiger partial charge >= 0.3 is 12.6 Å². The standard InChI is InChI=1S/C11H9F3O3/c12-9-3-5(17-11(13)14)1-2-6(9)7-4-8(7)10(15)16/h1-3,7-8,11H,4H2,(H,15,16). The maximum absolute atomic E-state index is 13.5. The molecule has 0 aromatic heterocycles. The van der Waals surface area contributed by atoms with Crippen LogP contribution in [0.4, 0.5) is 13.2 Å². The van der Waals surface area contributed by atoms with Gasteiger partial charge in [-0.1, -0.05) is 6.07 Å². The molecule has 2 rings (SSSR count). The number of benzene rings is 1. The van der Waals surface area contributed by atoms with Crippen LogP contribution in [0.5, 0.6) is 5.75 Å². The minimum absolute atomic E-state index is 0.235. The van der Waals surface area contributed by atoms with Crippen LogP contribution in [0.25, 0.3) is 0 Å². The monoisotopic (exact) mass is 246 g/mol. The van der Waals surface area contributed by atoms with Gasteiger partial charge < -0.3 is 9.84 Å². The van der Waals surface area contributed by atoms with E-state index in [0.717, 1.165) is 6.07 Å². The fraction of sp³-hybridized carbons (Fsp3) is 0.364. The van der Waals surface area contributed by atoms with Gasteiger partial charge in [0, 0.05) is 12.0 Å². The Balaban J connectivity index is 2.13. The van der Waals surface area contributed by atoms with Crippen LogP contribution in [0.15, 0.2) is 18.2 Å². The summed E-state index contributed by atoms with van der Waals surface area (Å²) in [5, 5.41) is 8.70. The maximum Gasteiger partial charge on any atom is 0.387 e. The van der Waals surface area contributed by atoms with Gasteiger partial charge in [0.25, 0.3) is 0 Å². The molecule has 1 aromatic rings. The molecule has 0 spiro atoms. The SMILES string of the molecule is O=C(O)C1CC1c1ccc(OC(F)F)cc1F. The van der Waals surface area contributed by atoms with Crippen LogP contribution < -0.4 is 4.74 Å². The summed E-state index contributed by atoms with van der Waals surface area (Å²) < 4.78 is 41.3. The van der Waals surface area contributed by atoms with E-state index in [-0.39, 0.29) is 17.2 Å². The van der Waals surface area contributed by atoms with E-state index >= 15 is 0 Å². The summed E-state index contributed by atoms with van der Waals surface area (Å²) in [5.41, 5.74) is 0.235. The van der Waals surface area contributed by atoms with E-state index in [1.54, 1.807) is 0 Å². The zero-order chi connectivity index (χ0) is 12.6. The molecule has 1 aliphatic rings. The molecule has 1 N–H and O–H groups in total. The average Bonchev–Trinajstić information content (AvgIpc) is 2.96. The number of carbonyl (C=O) groups is 1. The summed E-state index contributed by atoms with van der Waals surface area (Å²) >= 11 is 0. The smallest absolute Gasteiger partial charge is 0.387 e. The number of halogens is 3. The third-order valence-electron chi connectivity index (χ3n) is 2.70. The van der Waals surface area contributed by atoms with E-state index in [4.69, 9.17) is 5.11 Å². The van der Waals surface area contributed by atoms with Gasteiger partial charge in [-0.25, -0.2) is 4.39 Å². The fourth-order valence-electron chi connectivity index (χ4n) is 1.80. The number of ether oxygens (including phenoxy) is 1. The number of aliphatic carboxylic acids is 1. The highest BCUT2D eigenvalue weighted by Gasteiger charge is 2.45. The molecular formula is C11H9F3O3. The van der Waals surface area contributed by atoms with Crippen molar-refractivity contribution in [3.63, 3.8) is 0 Å². The topological polar surface area (TPSA) is 46.5 Å². The van der Waals surface area contributed by atoms with Crippen LogP contribution in [0, 0.1) is 11.7 Å². The van der Waals surface area contributed by atoms with Crippen molar-refractivity contribution in [2.24, 2.45) is 5.92 Å². The molecule has 3 nitrogen and oxygen atoms in total. The molecule has 2 atom stereocenters. The summed E-state index contributed by atoms with van der Waals surface area (Å²) in [6, 6.07) is 3.35. The van der Waals surface area contributed by atoms with Crippen LogP contribution in [0.1, 0.15) is 17.9 Å². The van der Waals surface area contributed by atoms with Crippen molar-refractivity contribution in [2.45, 2.75) is 19.0 Å². The molecule has 0 radical (unpaired) electrons. The lowest BCUT2D eigenvalue weighted by Gasteiger charge is -2.06. The van der Waals surface area contributed by atoms with Gasteiger partial charge in [-0.15, -0.1) is 0 Å². The highest BCUT2D eigenvalue weighted by atomic mass is 19.3. The van der Waals surface area contributed by atoms with E-state index in [0.29, 0.717) is 6.42 Å². The first-order valence-corrected chi connectivity index (χ1v) is 4.96. The minimum Gasteiger partial charge on any atom is -0.481 e. The molecule has 1 saturated carbocycles. The lowest BCUT2D eigenvalue weighted by molar-refractivity contribution is -0.138. The Labute approximate surface area is 94.8 Å². The Morgan fingerprint density at radius 2 is 2.18 bits per heavy atom. The van der Waals surface area contributed by atoms with E-state index in [1.165, 1.54) is 12.1 Å². The lowest BCUT2D eigenvalue weighted by atomic mass is 10.1. The first-order chi connectivity index (χ1) is 7.99. The minimum atomic E-state index is -3.01. The second-order valence-corrected chi connectivity index (χ2v) is 3.85. The molecule has 0 saturated heterocycles. The molecule has 17 heavy (non-hydrogen) atoms. The van der Waals surface area contributed by atoms with Crippen molar-refractivity contribution in [3.05, 3.63) is 29.6 Å². The lowest BCUT2D eigenvalue weighted by Crippen LogP contribution is -2.03. The van der Waals surface area contributed by atoms with Crippen molar-refractivity contribution in [3.8, 4) is 5.75 Å². The van der Waals surface area contributed by atoms with Gasteiger partial charge in [-0.05, 0) is 18.1 Å². The Hall–Kier alpha value is -1.72. The Bertz CT molecular complexity index is 448. The number of hydrogen-bond acceptors (Lipinski definition) is 2. The quantitative estimate of drug-likeness (QED) is 0.888. The highest BCUT2D eigenvalue weighted by molar-refractivity contribution is 5.75. The highest BCUT2D eigenvalue weighted by Crippen LogP contribution is 2.48. The molecule has 92 valence electrons. The average molecular weight is 246 g/mol. The Morgan fingerprint density at radius 3 is 2.65 bits per heavy atom. The van der Waals surface area contributed by atoms with Gasteiger partial charge in [0.1, 0.15) is 11.6 Å². The molecule has 0 bridgehead atoms. The molecule has 1 aliphatic carbocycles. The summed E-state index contributed by atoms with van der Waals surface area (Å²) in [4.78, 5) is 10.6. The molecule has 1 fully saturated rings. The molecule has 6 heteroatoms. The van der Waals surface area contributed by atoms with Gasteiger partial charge in [0.05, 0.1) is 5.92 Å². The van der Waals surface area contributed by atoms with Gasteiger partial charge in [0.15, 0.2) is 0 Å². The maximum atomic E-state index is 13.5. The number of hydrogen-bond donors (Lipinski definition) is 1. The van der Waals surface area contributed by atoms with Gasteiger partial charge in [-0.2, -0.15) is 8.78 Å². The van der Waals surface area contributed by atoms with Gasteiger partial charge in [-0.3, -0.25) is 4.79 Å². The summed E-state index contributed by atoms with van der Waals surface area (Å²) in [5.74, 6) is -2.90. The zero-order valence-corrected chi connectivity index (χ0v) is 8.57. The predicted octanol–water partition coefficient (Wildman–Crippen LogP) is 2.62. The van der Waals surface area contributed by atoms with Crippen LogP contribution in [-0.4, -0.2) is 17.7 Å². The summed E-state index contributed by atoms with van der Waals surface area (Å²) in [6.07, 6.45) is 0.376. The second-order valence-electron chi connectivity index (χ2n) is 3.85. The third-order valence-corrected chi connectivity index (χ3v) is 2.70. The summed E-state index contributed by atoms with van der Waals surface area (Å²) in [7, 11) is 0. The third kappa shape index (κ3) is 2.51.